The number of nitrogens with one attached hydrogen (secondary N) is 1. The average molecular weight is 393 g/mol. The second-order valence-electron chi connectivity index (χ2n) is 7.79. The number of rotatable bonds is 4. The van der Waals surface area contributed by atoms with Crippen molar-refractivity contribution in [2.75, 3.05) is 28.2 Å². The minimum Gasteiger partial charge on any atom is -0.357 e. The molecule has 2 amide bonds. The fourth-order valence-corrected chi connectivity index (χ4v) is 4.21. The fourth-order valence-electron chi connectivity index (χ4n) is 4.21. The van der Waals surface area contributed by atoms with Crippen LogP contribution in [0.15, 0.2) is 42.6 Å². The molecule has 4 rings (SSSR count). The van der Waals surface area contributed by atoms with Gasteiger partial charge in [-0.15, -0.1) is 0 Å². The van der Waals surface area contributed by atoms with Gasteiger partial charge in [-0.1, -0.05) is 38.3 Å². The molecule has 2 aliphatic rings. The Kier molecular flexibility index (Phi) is 5.79. The molecule has 152 valence electrons. The summed E-state index contributed by atoms with van der Waals surface area (Å²) in [5.74, 6) is 0.610. The van der Waals surface area contributed by atoms with E-state index < -0.39 is 6.04 Å². The maximum absolute atomic E-state index is 13.4. The number of pyridine rings is 1. The lowest BCUT2D eigenvalue weighted by atomic mass is 10.0. The van der Waals surface area contributed by atoms with Crippen molar-refractivity contribution in [2.24, 2.45) is 0 Å². The van der Waals surface area contributed by atoms with Crippen LogP contribution in [0, 0.1) is 0 Å². The molecule has 6 nitrogen and oxygen atoms in total. The lowest BCUT2D eigenvalue weighted by Crippen LogP contribution is -2.51. The molecule has 3 heterocycles. The zero-order valence-corrected chi connectivity index (χ0v) is 16.9. The lowest BCUT2D eigenvalue weighted by molar-refractivity contribution is -0.117. The van der Waals surface area contributed by atoms with Crippen LogP contribution in [-0.2, 0) is 4.79 Å². The minimum absolute atomic E-state index is 0.131. The highest BCUT2D eigenvalue weighted by Crippen LogP contribution is 2.34. The summed E-state index contributed by atoms with van der Waals surface area (Å²) in [4.78, 5) is 34.6. The SMILES string of the molecule is CCC[C@H]1C(=O)Nc2ccccc2N1C(=O)c1ccc(N2CCCCCC2)nc1. The van der Waals surface area contributed by atoms with Gasteiger partial charge >= 0.3 is 0 Å². The topological polar surface area (TPSA) is 65.5 Å². The summed E-state index contributed by atoms with van der Waals surface area (Å²) in [6.45, 7) is 4.05. The Morgan fingerprint density at radius 2 is 1.86 bits per heavy atom. The first kappa shape index (κ1) is 19.4. The van der Waals surface area contributed by atoms with E-state index in [0.717, 1.165) is 31.0 Å². The number of hydrogen-bond donors (Lipinski definition) is 1. The molecule has 2 aliphatic heterocycles. The minimum atomic E-state index is -0.507. The summed E-state index contributed by atoms with van der Waals surface area (Å²) < 4.78 is 0. The highest BCUT2D eigenvalue weighted by molar-refractivity contribution is 6.16. The van der Waals surface area contributed by atoms with Crippen LogP contribution in [-0.4, -0.2) is 35.9 Å². The van der Waals surface area contributed by atoms with Crippen LogP contribution in [0.5, 0.6) is 0 Å². The molecule has 1 saturated heterocycles. The van der Waals surface area contributed by atoms with Crippen molar-refractivity contribution < 1.29 is 9.59 Å². The summed E-state index contributed by atoms with van der Waals surface area (Å²) in [5.41, 5.74) is 1.92. The number of fused-ring (bicyclic) bond motifs is 1. The maximum Gasteiger partial charge on any atom is 0.260 e. The Bertz CT molecular complexity index is 873. The van der Waals surface area contributed by atoms with Gasteiger partial charge in [0.1, 0.15) is 11.9 Å². The van der Waals surface area contributed by atoms with Gasteiger partial charge in [0.05, 0.1) is 16.9 Å². The molecule has 1 N–H and O–H groups in total. The molecule has 0 unspecified atom stereocenters. The maximum atomic E-state index is 13.4. The zero-order chi connectivity index (χ0) is 20.2. The predicted octanol–water partition coefficient (Wildman–Crippen LogP) is 4.23. The van der Waals surface area contributed by atoms with Crippen molar-refractivity contribution in [2.45, 2.75) is 51.5 Å². The molecule has 1 aromatic heterocycles. The summed E-state index contributed by atoms with van der Waals surface area (Å²) in [6, 6.07) is 10.7. The first-order valence-electron chi connectivity index (χ1n) is 10.6. The molecule has 0 radical (unpaired) electrons. The van der Waals surface area contributed by atoms with Gasteiger partial charge in [0.2, 0.25) is 5.91 Å². The Hall–Kier alpha value is -2.89. The molecule has 0 bridgehead atoms. The van der Waals surface area contributed by atoms with E-state index in [9.17, 15) is 9.59 Å². The molecule has 0 spiro atoms. The number of benzene rings is 1. The smallest absolute Gasteiger partial charge is 0.260 e. The number of carbonyl (C=O) groups is 2. The Morgan fingerprint density at radius 3 is 2.55 bits per heavy atom. The van der Waals surface area contributed by atoms with Gasteiger partial charge in [0.15, 0.2) is 0 Å². The van der Waals surface area contributed by atoms with E-state index in [0.29, 0.717) is 17.7 Å². The lowest BCUT2D eigenvalue weighted by Gasteiger charge is -2.36. The van der Waals surface area contributed by atoms with Gasteiger partial charge in [-0.3, -0.25) is 14.5 Å². The normalized spacial score (nSPS) is 19.3. The van der Waals surface area contributed by atoms with Gasteiger partial charge in [0.25, 0.3) is 5.91 Å². The van der Waals surface area contributed by atoms with Gasteiger partial charge < -0.3 is 10.2 Å². The van der Waals surface area contributed by atoms with Crippen molar-refractivity contribution in [1.29, 1.82) is 0 Å². The van der Waals surface area contributed by atoms with E-state index in [2.05, 4.69) is 15.2 Å². The standard InChI is InChI=1S/C23H28N4O2/c1-2-9-20-22(28)25-18-10-5-6-11-19(18)27(20)23(29)17-12-13-21(24-16-17)26-14-7-3-4-8-15-26/h5-6,10-13,16,20H,2-4,7-9,14-15H2,1H3,(H,25,28)/t20-/m0/s1. The van der Waals surface area contributed by atoms with Crippen molar-refractivity contribution in [3.05, 3.63) is 48.2 Å². The highest BCUT2D eigenvalue weighted by Gasteiger charge is 2.36. The number of carbonyl (C=O) groups excluding carboxylic acids is 2. The Labute approximate surface area is 171 Å². The highest BCUT2D eigenvalue weighted by atomic mass is 16.2. The zero-order valence-electron chi connectivity index (χ0n) is 16.9. The number of anilines is 3. The molecule has 1 aromatic carbocycles. The summed E-state index contributed by atoms with van der Waals surface area (Å²) in [5, 5.41) is 2.93. The Morgan fingerprint density at radius 1 is 1.10 bits per heavy atom. The number of amides is 2. The third kappa shape index (κ3) is 3.97. The van der Waals surface area contributed by atoms with Crippen LogP contribution < -0.4 is 15.1 Å². The van der Waals surface area contributed by atoms with Crippen molar-refractivity contribution in [1.82, 2.24) is 4.98 Å². The van der Waals surface area contributed by atoms with Gasteiger partial charge in [-0.2, -0.15) is 0 Å². The van der Waals surface area contributed by atoms with Crippen LogP contribution in [0.3, 0.4) is 0 Å². The third-order valence-corrected chi connectivity index (χ3v) is 5.74. The van der Waals surface area contributed by atoms with Crippen molar-refractivity contribution in [3.63, 3.8) is 0 Å². The molecule has 29 heavy (non-hydrogen) atoms. The Balaban J connectivity index is 1.62. The van der Waals surface area contributed by atoms with Crippen LogP contribution in [0.4, 0.5) is 17.2 Å². The van der Waals surface area contributed by atoms with E-state index in [-0.39, 0.29) is 11.8 Å². The van der Waals surface area contributed by atoms with Crippen LogP contribution in [0.25, 0.3) is 0 Å². The molecular weight excluding hydrogens is 364 g/mol. The first-order valence-corrected chi connectivity index (χ1v) is 10.6. The fraction of sp³-hybridized carbons (Fsp3) is 0.435. The molecule has 0 aliphatic carbocycles. The number of para-hydroxylation sites is 2. The van der Waals surface area contributed by atoms with E-state index in [1.54, 1.807) is 11.1 Å². The van der Waals surface area contributed by atoms with Crippen LogP contribution in [0.1, 0.15) is 55.8 Å². The molecule has 1 atom stereocenters. The van der Waals surface area contributed by atoms with Gasteiger partial charge in [-0.05, 0) is 43.5 Å². The van der Waals surface area contributed by atoms with Crippen molar-refractivity contribution in [3.8, 4) is 0 Å². The van der Waals surface area contributed by atoms with Crippen LogP contribution >= 0.6 is 0 Å². The van der Waals surface area contributed by atoms with Gasteiger partial charge in [0, 0.05) is 19.3 Å². The molecule has 6 heteroatoms. The molecule has 0 saturated carbocycles. The number of hydrogen-bond acceptors (Lipinski definition) is 4. The number of nitrogens with zero attached hydrogens (tertiary/aromatic N) is 3. The largest absolute Gasteiger partial charge is 0.357 e. The van der Waals surface area contributed by atoms with Crippen LogP contribution in [0.2, 0.25) is 0 Å². The summed E-state index contributed by atoms with van der Waals surface area (Å²) in [6.07, 6.45) is 7.98. The van der Waals surface area contributed by atoms with E-state index in [1.807, 2.05) is 43.3 Å². The van der Waals surface area contributed by atoms with E-state index in [4.69, 9.17) is 0 Å². The summed E-state index contributed by atoms with van der Waals surface area (Å²) in [7, 11) is 0. The predicted molar refractivity (Wildman–Crippen MR) is 115 cm³/mol. The van der Waals surface area contributed by atoms with Crippen molar-refractivity contribution >= 4 is 29.0 Å². The second kappa shape index (κ2) is 8.64. The third-order valence-electron chi connectivity index (χ3n) is 5.74. The first-order chi connectivity index (χ1) is 14.2. The summed E-state index contributed by atoms with van der Waals surface area (Å²) >= 11 is 0. The quantitative estimate of drug-likeness (QED) is 0.846. The van der Waals surface area contributed by atoms with Gasteiger partial charge in [-0.25, -0.2) is 4.98 Å². The van der Waals surface area contributed by atoms with E-state index >= 15 is 0 Å². The second-order valence-corrected chi connectivity index (χ2v) is 7.79. The number of aromatic nitrogens is 1. The average Bonchev–Trinajstić information content (AvgIpc) is 3.04. The monoisotopic (exact) mass is 392 g/mol. The molecular formula is C23H28N4O2. The molecule has 1 fully saturated rings. The van der Waals surface area contributed by atoms with E-state index in [1.165, 1.54) is 25.7 Å². The molecule has 2 aromatic rings.